The number of halogens is 1. The summed E-state index contributed by atoms with van der Waals surface area (Å²) in [7, 11) is 0. The Balaban J connectivity index is 1.54. The largest absolute Gasteiger partial charge is 0.487 e. The van der Waals surface area contributed by atoms with Crippen LogP contribution in [0.5, 0.6) is 5.75 Å². The van der Waals surface area contributed by atoms with E-state index in [1.807, 2.05) is 6.07 Å². The minimum Gasteiger partial charge on any atom is -0.487 e. The molecule has 1 atom stereocenters. The lowest BCUT2D eigenvalue weighted by atomic mass is 10.2. The Labute approximate surface area is 127 Å². The molecule has 4 heteroatoms. The van der Waals surface area contributed by atoms with Crippen molar-refractivity contribution in [2.45, 2.75) is 19.1 Å². The van der Waals surface area contributed by atoms with Gasteiger partial charge in [0.25, 0.3) is 0 Å². The van der Waals surface area contributed by atoms with Gasteiger partial charge in [-0.15, -0.1) is 0 Å². The lowest BCUT2D eigenvalue weighted by molar-refractivity contribution is 0.197. The molecule has 104 valence electrons. The topological polar surface area (TPSA) is 25.4 Å². The van der Waals surface area contributed by atoms with E-state index in [9.17, 15) is 0 Å². The van der Waals surface area contributed by atoms with Crippen LogP contribution >= 0.6 is 15.9 Å². The molecule has 1 aliphatic rings. The second-order valence-electron chi connectivity index (χ2n) is 5.09. The molecule has 1 aromatic carbocycles. The highest BCUT2D eigenvalue weighted by atomic mass is 79.9. The van der Waals surface area contributed by atoms with Crippen LogP contribution in [0.2, 0.25) is 0 Å². The first-order valence-electron chi connectivity index (χ1n) is 6.83. The summed E-state index contributed by atoms with van der Waals surface area (Å²) in [5.41, 5.74) is 1.36. The number of likely N-dealkylation sites (tertiary alicyclic amines) is 1. The Morgan fingerprint density at radius 3 is 2.90 bits per heavy atom. The zero-order chi connectivity index (χ0) is 13.8. The third-order valence-corrected chi connectivity index (χ3v) is 3.89. The lowest BCUT2D eigenvalue weighted by Crippen LogP contribution is -2.24. The van der Waals surface area contributed by atoms with Gasteiger partial charge in [0.05, 0.1) is 6.20 Å². The van der Waals surface area contributed by atoms with Gasteiger partial charge in [0.1, 0.15) is 11.9 Å². The third kappa shape index (κ3) is 3.58. The van der Waals surface area contributed by atoms with E-state index in [1.54, 1.807) is 12.4 Å². The summed E-state index contributed by atoms with van der Waals surface area (Å²) in [4.78, 5) is 6.56. The van der Waals surface area contributed by atoms with Crippen LogP contribution in [0.4, 0.5) is 0 Å². The van der Waals surface area contributed by atoms with Gasteiger partial charge in [-0.05, 0) is 34.0 Å². The van der Waals surface area contributed by atoms with E-state index in [4.69, 9.17) is 4.74 Å². The Kier molecular flexibility index (Phi) is 4.33. The second-order valence-corrected chi connectivity index (χ2v) is 6.00. The van der Waals surface area contributed by atoms with Gasteiger partial charge < -0.3 is 4.74 Å². The first-order valence-corrected chi connectivity index (χ1v) is 7.62. The highest BCUT2D eigenvalue weighted by molar-refractivity contribution is 9.10. The fourth-order valence-electron chi connectivity index (χ4n) is 2.53. The third-order valence-electron chi connectivity index (χ3n) is 3.46. The Morgan fingerprint density at radius 1 is 1.25 bits per heavy atom. The van der Waals surface area contributed by atoms with Crippen molar-refractivity contribution in [3.63, 3.8) is 0 Å². The van der Waals surface area contributed by atoms with Gasteiger partial charge in [0.15, 0.2) is 0 Å². The molecule has 0 aliphatic carbocycles. The minimum absolute atomic E-state index is 0.259. The van der Waals surface area contributed by atoms with Crippen molar-refractivity contribution in [2.75, 3.05) is 13.1 Å². The van der Waals surface area contributed by atoms with E-state index >= 15 is 0 Å². The number of hydrogen-bond acceptors (Lipinski definition) is 3. The highest BCUT2D eigenvalue weighted by Crippen LogP contribution is 2.21. The summed E-state index contributed by atoms with van der Waals surface area (Å²) < 4.78 is 6.94. The molecule has 0 amide bonds. The molecule has 3 rings (SSSR count). The predicted molar refractivity (Wildman–Crippen MR) is 82.7 cm³/mol. The zero-order valence-corrected chi connectivity index (χ0v) is 12.8. The predicted octanol–water partition coefficient (Wildman–Crippen LogP) is 3.50. The molecule has 1 aromatic heterocycles. The molecule has 1 aliphatic heterocycles. The molecule has 20 heavy (non-hydrogen) atoms. The summed E-state index contributed by atoms with van der Waals surface area (Å²) in [6.07, 6.45) is 4.86. The molecule has 0 spiro atoms. The van der Waals surface area contributed by atoms with Crippen molar-refractivity contribution in [3.05, 3.63) is 58.8 Å². The van der Waals surface area contributed by atoms with E-state index < -0.39 is 0 Å². The van der Waals surface area contributed by atoms with E-state index in [2.05, 4.69) is 56.1 Å². The fraction of sp³-hybridized carbons (Fsp3) is 0.312. The van der Waals surface area contributed by atoms with Crippen LogP contribution in [-0.2, 0) is 6.54 Å². The molecule has 2 aromatic rings. The molecule has 1 saturated heterocycles. The highest BCUT2D eigenvalue weighted by Gasteiger charge is 2.23. The van der Waals surface area contributed by atoms with Crippen LogP contribution < -0.4 is 4.74 Å². The van der Waals surface area contributed by atoms with Gasteiger partial charge in [-0.25, -0.2) is 0 Å². The molecule has 1 fully saturated rings. The normalized spacial score (nSPS) is 19.1. The molecule has 3 nitrogen and oxygen atoms in total. The second kappa shape index (κ2) is 6.37. The monoisotopic (exact) mass is 332 g/mol. The molecule has 0 N–H and O–H groups in total. The van der Waals surface area contributed by atoms with Crippen LogP contribution in [0.3, 0.4) is 0 Å². The van der Waals surface area contributed by atoms with E-state index in [0.29, 0.717) is 0 Å². The summed E-state index contributed by atoms with van der Waals surface area (Å²) in [5.74, 6) is 0.839. The number of benzene rings is 1. The molecule has 2 heterocycles. The minimum atomic E-state index is 0.259. The van der Waals surface area contributed by atoms with Crippen LogP contribution in [0.25, 0.3) is 0 Å². The number of aromatic nitrogens is 1. The molecule has 0 bridgehead atoms. The summed E-state index contributed by atoms with van der Waals surface area (Å²) in [6, 6.07) is 12.5. The first kappa shape index (κ1) is 13.6. The molecular formula is C16H17BrN2O. The van der Waals surface area contributed by atoms with Gasteiger partial charge >= 0.3 is 0 Å². The van der Waals surface area contributed by atoms with Crippen molar-refractivity contribution in [2.24, 2.45) is 0 Å². The number of ether oxygens (including phenoxy) is 1. The number of hydrogen-bond donors (Lipinski definition) is 0. The fourth-order valence-corrected chi connectivity index (χ4v) is 2.87. The quantitative estimate of drug-likeness (QED) is 0.856. The van der Waals surface area contributed by atoms with Gasteiger partial charge in [0, 0.05) is 30.3 Å². The maximum atomic E-state index is 5.99. The average Bonchev–Trinajstić information content (AvgIpc) is 2.87. The van der Waals surface area contributed by atoms with Crippen molar-refractivity contribution >= 4 is 15.9 Å². The molecule has 0 radical (unpaired) electrons. The zero-order valence-electron chi connectivity index (χ0n) is 11.2. The van der Waals surface area contributed by atoms with Crippen LogP contribution in [-0.4, -0.2) is 29.1 Å². The summed E-state index contributed by atoms with van der Waals surface area (Å²) >= 11 is 3.41. The SMILES string of the molecule is Brc1cncc(OC2CCN(Cc3ccccc3)C2)c1. The lowest BCUT2D eigenvalue weighted by Gasteiger charge is -2.17. The number of pyridine rings is 1. The van der Waals surface area contributed by atoms with E-state index in [1.165, 1.54) is 5.56 Å². The Hall–Kier alpha value is -1.39. The molecule has 0 saturated carbocycles. The Bertz CT molecular complexity index is 561. The van der Waals surface area contributed by atoms with Crippen LogP contribution in [0.15, 0.2) is 53.3 Å². The maximum absolute atomic E-state index is 5.99. The summed E-state index contributed by atoms with van der Waals surface area (Å²) in [6.45, 7) is 3.06. The van der Waals surface area contributed by atoms with Crippen molar-refractivity contribution < 1.29 is 4.74 Å². The maximum Gasteiger partial charge on any atom is 0.139 e. The standard InChI is InChI=1S/C16H17BrN2O/c17-14-8-16(10-18-9-14)20-15-6-7-19(12-15)11-13-4-2-1-3-5-13/h1-5,8-10,15H,6-7,11-12H2. The van der Waals surface area contributed by atoms with Crippen molar-refractivity contribution in [1.29, 1.82) is 0 Å². The van der Waals surface area contributed by atoms with E-state index in [0.717, 1.165) is 36.3 Å². The van der Waals surface area contributed by atoms with Gasteiger partial charge in [-0.2, -0.15) is 0 Å². The van der Waals surface area contributed by atoms with E-state index in [-0.39, 0.29) is 6.10 Å². The average molecular weight is 333 g/mol. The van der Waals surface area contributed by atoms with Crippen molar-refractivity contribution in [3.8, 4) is 5.75 Å². The molecular weight excluding hydrogens is 316 g/mol. The van der Waals surface area contributed by atoms with Crippen LogP contribution in [0, 0.1) is 0 Å². The smallest absolute Gasteiger partial charge is 0.139 e. The number of nitrogens with zero attached hydrogens (tertiary/aromatic N) is 2. The summed E-state index contributed by atoms with van der Waals surface area (Å²) in [5, 5.41) is 0. The molecule has 1 unspecified atom stereocenters. The van der Waals surface area contributed by atoms with Crippen molar-refractivity contribution in [1.82, 2.24) is 9.88 Å². The van der Waals surface area contributed by atoms with Gasteiger partial charge in [0.2, 0.25) is 0 Å². The van der Waals surface area contributed by atoms with Gasteiger partial charge in [-0.1, -0.05) is 30.3 Å². The first-order chi connectivity index (χ1) is 9.79. The number of rotatable bonds is 4. The van der Waals surface area contributed by atoms with Crippen LogP contribution in [0.1, 0.15) is 12.0 Å². The Morgan fingerprint density at radius 2 is 2.10 bits per heavy atom. The van der Waals surface area contributed by atoms with Gasteiger partial charge in [-0.3, -0.25) is 9.88 Å².